The summed E-state index contributed by atoms with van der Waals surface area (Å²) in [6, 6.07) is 3.35. The number of hydrogen-bond donors (Lipinski definition) is 1. The molecule has 1 atom stereocenters. The van der Waals surface area contributed by atoms with Crippen molar-refractivity contribution < 1.29 is 28.3 Å². The lowest BCUT2D eigenvalue weighted by atomic mass is 9.99. The summed E-state index contributed by atoms with van der Waals surface area (Å²) in [5, 5.41) is 9.26. The summed E-state index contributed by atoms with van der Waals surface area (Å²) in [6.07, 6.45) is 2.48. The Labute approximate surface area is 155 Å². The maximum Gasteiger partial charge on any atom is 0.519 e. The van der Waals surface area contributed by atoms with Crippen molar-refractivity contribution in [2.75, 3.05) is 11.4 Å². The van der Waals surface area contributed by atoms with Crippen LogP contribution in [-0.2, 0) is 20.7 Å². The predicted molar refractivity (Wildman–Crippen MR) is 96.6 cm³/mol. The molecule has 1 aromatic carbocycles. The third-order valence-corrected chi connectivity index (χ3v) is 4.48. The van der Waals surface area contributed by atoms with Crippen molar-refractivity contribution >= 4 is 28.8 Å². The molecule has 1 aliphatic heterocycles. The van der Waals surface area contributed by atoms with Crippen LogP contribution < -0.4 is 10.7 Å². The lowest BCUT2D eigenvalue weighted by molar-refractivity contribution is -0.161. The molecule has 0 fully saturated rings. The van der Waals surface area contributed by atoms with Crippen LogP contribution in [0.1, 0.15) is 38.7 Å². The SMILES string of the molecule is CCCCC(OC(=O)C1=CN(CC)c2cc3oc(=O)oc3cc2C1)C(=O)O. The summed E-state index contributed by atoms with van der Waals surface area (Å²) >= 11 is 0. The molecule has 0 aliphatic carbocycles. The molecule has 3 rings (SSSR count). The molecule has 8 heteroatoms. The number of carboxylic acids is 1. The van der Waals surface area contributed by atoms with Gasteiger partial charge in [-0.25, -0.2) is 14.4 Å². The molecular weight excluding hydrogens is 354 g/mol. The van der Waals surface area contributed by atoms with Crippen LogP contribution in [0.4, 0.5) is 5.69 Å². The van der Waals surface area contributed by atoms with E-state index in [2.05, 4.69) is 0 Å². The predicted octanol–water partition coefficient (Wildman–Crippen LogP) is 2.84. The summed E-state index contributed by atoms with van der Waals surface area (Å²) < 4.78 is 15.2. The van der Waals surface area contributed by atoms with Crippen LogP contribution in [0.25, 0.3) is 11.2 Å². The van der Waals surface area contributed by atoms with Gasteiger partial charge in [0.1, 0.15) is 0 Å². The van der Waals surface area contributed by atoms with E-state index in [9.17, 15) is 19.5 Å². The molecule has 0 radical (unpaired) electrons. The van der Waals surface area contributed by atoms with Crippen molar-refractivity contribution in [3.05, 3.63) is 40.1 Å². The molecule has 2 heterocycles. The summed E-state index contributed by atoms with van der Waals surface area (Å²) in [7, 11) is 0. The van der Waals surface area contributed by atoms with E-state index in [4.69, 9.17) is 13.6 Å². The molecule has 0 spiro atoms. The van der Waals surface area contributed by atoms with E-state index in [1.54, 1.807) is 18.3 Å². The van der Waals surface area contributed by atoms with Crippen molar-refractivity contribution in [2.45, 2.75) is 45.6 Å². The number of rotatable bonds is 7. The van der Waals surface area contributed by atoms with Gasteiger partial charge in [0.05, 0.1) is 5.57 Å². The van der Waals surface area contributed by atoms with Gasteiger partial charge in [0, 0.05) is 30.9 Å². The Morgan fingerprint density at radius 1 is 1.26 bits per heavy atom. The number of carbonyl (C=O) groups excluding carboxylic acids is 1. The Balaban J connectivity index is 1.86. The first kappa shape index (κ1) is 18.8. The second kappa shape index (κ2) is 7.69. The summed E-state index contributed by atoms with van der Waals surface area (Å²) in [6.45, 7) is 4.41. The average Bonchev–Trinajstić information content (AvgIpc) is 3.00. The first-order valence-corrected chi connectivity index (χ1v) is 8.90. The summed E-state index contributed by atoms with van der Waals surface area (Å²) in [4.78, 5) is 37.0. The van der Waals surface area contributed by atoms with Gasteiger partial charge in [-0.1, -0.05) is 13.3 Å². The zero-order chi connectivity index (χ0) is 19.6. The first-order chi connectivity index (χ1) is 12.9. The normalized spacial score (nSPS) is 14.6. The maximum absolute atomic E-state index is 12.5. The molecule has 2 aromatic rings. The summed E-state index contributed by atoms with van der Waals surface area (Å²) in [5.74, 6) is -2.60. The molecule has 0 saturated carbocycles. The molecule has 144 valence electrons. The van der Waals surface area contributed by atoms with Crippen molar-refractivity contribution in [3.8, 4) is 0 Å². The molecule has 1 N–H and O–H groups in total. The highest BCUT2D eigenvalue weighted by atomic mass is 16.6. The average molecular weight is 375 g/mol. The number of esters is 1. The number of anilines is 1. The number of carbonyl (C=O) groups is 2. The number of carboxylic acid groups (broad SMARTS) is 1. The quantitative estimate of drug-likeness (QED) is 0.736. The van der Waals surface area contributed by atoms with Crippen molar-refractivity contribution in [2.24, 2.45) is 0 Å². The van der Waals surface area contributed by atoms with E-state index in [1.165, 1.54) is 0 Å². The fourth-order valence-corrected chi connectivity index (χ4v) is 3.08. The van der Waals surface area contributed by atoms with Gasteiger partial charge in [0.2, 0.25) is 0 Å². The van der Waals surface area contributed by atoms with Crippen LogP contribution in [0.3, 0.4) is 0 Å². The van der Waals surface area contributed by atoms with E-state index in [0.29, 0.717) is 29.7 Å². The number of hydrogen-bond acceptors (Lipinski definition) is 7. The smallest absolute Gasteiger partial charge is 0.479 e. The monoisotopic (exact) mass is 375 g/mol. The van der Waals surface area contributed by atoms with E-state index in [1.807, 2.05) is 18.7 Å². The van der Waals surface area contributed by atoms with Gasteiger partial charge in [-0.15, -0.1) is 0 Å². The molecular formula is C19H21NO7. The van der Waals surface area contributed by atoms with Crippen LogP contribution in [-0.4, -0.2) is 29.7 Å². The minimum atomic E-state index is -1.16. The molecule has 1 aliphatic rings. The first-order valence-electron chi connectivity index (χ1n) is 8.90. The van der Waals surface area contributed by atoms with Gasteiger partial charge in [0.25, 0.3) is 0 Å². The third kappa shape index (κ3) is 3.89. The lowest BCUT2D eigenvalue weighted by Gasteiger charge is -2.28. The standard InChI is InChI=1S/C19H21NO7/c1-3-5-6-14(17(21)22)25-18(23)12-7-11-8-15-16(27-19(24)26-15)9-13(11)20(4-2)10-12/h8-10,14H,3-7H2,1-2H3,(H,21,22). The van der Waals surface area contributed by atoms with Crippen LogP contribution in [0, 0.1) is 0 Å². The molecule has 0 bridgehead atoms. The highest BCUT2D eigenvalue weighted by molar-refractivity contribution is 5.93. The van der Waals surface area contributed by atoms with Crippen LogP contribution in [0.15, 0.2) is 37.5 Å². The Morgan fingerprint density at radius 2 is 1.96 bits per heavy atom. The minimum Gasteiger partial charge on any atom is -0.479 e. The summed E-state index contributed by atoms with van der Waals surface area (Å²) in [5.41, 5.74) is 2.55. The van der Waals surface area contributed by atoms with Gasteiger partial charge in [-0.3, -0.25) is 0 Å². The molecule has 27 heavy (non-hydrogen) atoms. The van der Waals surface area contributed by atoms with Crippen LogP contribution in [0.5, 0.6) is 0 Å². The van der Waals surface area contributed by atoms with E-state index in [-0.39, 0.29) is 12.8 Å². The van der Waals surface area contributed by atoms with Gasteiger partial charge in [0.15, 0.2) is 17.3 Å². The van der Waals surface area contributed by atoms with E-state index < -0.39 is 23.9 Å². The third-order valence-electron chi connectivity index (χ3n) is 4.48. The van der Waals surface area contributed by atoms with Gasteiger partial charge >= 0.3 is 17.8 Å². The second-order valence-electron chi connectivity index (χ2n) is 6.37. The van der Waals surface area contributed by atoms with Gasteiger partial charge in [-0.05, 0) is 31.4 Å². The number of benzene rings is 1. The highest BCUT2D eigenvalue weighted by Gasteiger charge is 2.28. The molecule has 1 unspecified atom stereocenters. The largest absolute Gasteiger partial charge is 0.519 e. The lowest BCUT2D eigenvalue weighted by Crippen LogP contribution is -2.30. The fourth-order valence-electron chi connectivity index (χ4n) is 3.08. The Kier molecular flexibility index (Phi) is 5.34. The Morgan fingerprint density at radius 3 is 2.59 bits per heavy atom. The fraction of sp³-hybridized carbons (Fsp3) is 0.421. The molecule has 1 aromatic heterocycles. The number of ether oxygens (including phenoxy) is 1. The highest BCUT2D eigenvalue weighted by Crippen LogP contribution is 2.33. The molecule has 0 amide bonds. The molecule has 8 nitrogen and oxygen atoms in total. The zero-order valence-corrected chi connectivity index (χ0v) is 15.2. The minimum absolute atomic E-state index is 0.246. The van der Waals surface area contributed by atoms with Crippen molar-refractivity contribution in [1.29, 1.82) is 0 Å². The zero-order valence-electron chi connectivity index (χ0n) is 15.2. The van der Waals surface area contributed by atoms with Crippen LogP contribution in [0.2, 0.25) is 0 Å². The van der Waals surface area contributed by atoms with E-state index in [0.717, 1.165) is 17.7 Å². The number of aliphatic carboxylic acids is 1. The van der Waals surface area contributed by atoms with Crippen molar-refractivity contribution in [3.63, 3.8) is 0 Å². The van der Waals surface area contributed by atoms with Crippen molar-refractivity contribution in [1.82, 2.24) is 0 Å². The maximum atomic E-state index is 12.5. The number of nitrogens with zero attached hydrogens (tertiary/aromatic N) is 1. The van der Waals surface area contributed by atoms with Gasteiger partial charge < -0.3 is 23.6 Å². The Bertz CT molecular complexity index is 953. The second-order valence-corrected chi connectivity index (χ2v) is 6.37. The topological polar surface area (TPSA) is 110 Å². The van der Waals surface area contributed by atoms with Gasteiger partial charge in [-0.2, -0.15) is 0 Å². The number of fused-ring (bicyclic) bond motifs is 2. The number of unbranched alkanes of at least 4 members (excludes halogenated alkanes) is 1. The van der Waals surface area contributed by atoms with Crippen LogP contribution >= 0.6 is 0 Å². The van der Waals surface area contributed by atoms with E-state index >= 15 is 0 Å². The Hall–Kier alpha value is -3.03. The molecule has 0 saturated heterocycles.